The van der Waals surface area contributed by atoms with Gasteiger partial charge in [0.05, 0.1) is 0 Å². The Bertz CT molecular complexity index is 483. The average molecular weight is 249 g/mol. The number of carbonyl (C=O) groups is 2. The summed E-state index contributed by atoms with van der Waals surface area (Å²) in [7, 11) is 0. The molecule has 1 aromatic heterocycles. The first-order chi connectivity index (χ1) is 8.56. The molecule has 0 unspecified atom stereocenters. The van der Waals surface area contributed by atoms with Gasteiger partial charge in [0.25, 0.3) is 5.91 Å². The van der Waals surface area contributed by atoms with Crippen LogP contribution in [0.5, 0.6) is 5.88 Å². The molecule has 0 atom stereocenters. The van der Waals surface area contributed by atoms with E-state index < -0.39 is 12.0 Å². The molecule has 2 rings (SSSR count). The molecule has 6 heteroatoms. The van der Waals surface area contributed by atoms with Crippen molar-refractivity contribution in [2.75, 3.05) is 6.54 Å². The summed E-state index contributed by atoms with van der Waals surface area (Å²) in [6, 6.07) is 3.13. The van der Waals surface area contributed by atoms with Gasteiger partial charge in [-0.3, -0.25) is 4.79 Å². The van der Waals surface area contributed by atoms with Crippen LogP contribution in [0, 0.1) is 12.8 Å². The predicted molar refractivity (Wildman–Crippen MR) is 64.2 cm³/mol. The van der Waals surface area contributed by atoms with E-state index in [1.807, 2.05) is 0 Å². The number of aromatic nitrogens is 1. The number of carbonyl (C=O) groups excluding carboxylic acids is 2. The standard InChI is InChI=1S/C12H15N3O3/c1-7-2-5-9(10(13)16)11(15-7)18-12(17)14-6-8-3-4-8/h2,5,8H,3-4,6H2,1H3,(H2,13,16)(H,14,17). The van der Waals surface area contributed by atoms with E-state index >= 15 is 0 Å². The lowest BCUT2D eigenvalue weighted by molar-refractivity contribution is 0.0997. The van der Waals surface area contributed by atoms with E-state index in [0.717, 1.165) is 12.8 Å². The molecule has 1 heterocycles. The summed E-state index contributed by atoms with van der Waals surface area (Å²) in [6.45, 7) is 2.33. The summed E-state index contributed by atoms with van der Waals surface area (Å²) >= 11 is 0. The number of ether oxygens (including phenoxy) is 1. The first-order valence-corrected chi connectivity index (χ1v) is 5.79. The van der Waals surface area contributed by atoms with Crippen LogP contribution in [0.15, 0.2) is 12.1 Å². The van der Waals surface area contributed by atoms with Gasteiger partial charge in [0.2, 0.25) is 5.88 Å². The number of rotatable bonds is 4. The lowest BCUT2D eigenvalue weighted by Crippen LogP contribution is -2.30. The molecule has 0 aromatic carbocycles. The van der Waals surface area contributed by atoms with Gasteiger partial charge in [0.1, 0.15) is 5.56 Å². The number of hydrogen-bond acceptors (Lipinski definition) is 4. The van der Waals surface area contributed by atoms with E-state index in [-0.39, 0.29) is 11.4 Å². The van der Waals surface area contributed by atoms with Crippen molar-refractivity contribution in [3.05, 3.63) is 23.4 Å². The molecule has 1 fully saturated rings. The minimum Gasteiger partial charge on any atom is -0.390 e. The van der Waals surface area contributed by atoms with Crippen molar-refractivity contribution < 1.29 is 14.3 Å². The van der Waals surface area contributed by atoms with Gasteiger partial charge in [-0.1, -0.05) is 0 Å². The van der Waals surface area contributed by atoms with Crippen LogP contribution in [0.3, 0.4) is 0 Å². The third kappa shape index (κ3) is 3.19. The first-order valence-electron chi connectivity index (χ1n) is 5.79. The number of primary amides is 1. The largest absolute Gasteiger partial charge is 0.413 e. The second kappa shape index (κ2) is 5.03. The zero-order valence-corrected chi connectivity index (χ0v) is 10.1. The summed E-state index contributed by atoms with van der Waals surface area (Å²) in [6.07, 6.45) is 1.66. The van der Waals surface area contributed by atoms with Crippen LogP contribution >= 0.6 is 0 Å². The third-order valence-corrected chi connectivity index (χ3v) is 2.69. The number of nitrogens with two attached hydrogens (primary N) is 1. The van der Waals surface area contributed by atoms with Crippen molar-refractivity contribution in [3.63, 3.8) is 0 Å². The highest BCUT2D eigenvalue weighted by molar-refractivity contribution is 5.95. The lowest BCUT2D eigenvalue weighted by Gasteiger charge is -2.08. The summed E-state index contributed by atoms with van der Waals surface area (Å²) in [5.74, 6) is -0.165. The van der Waals surface area contributed by atoms with Gasteiger partial charge >= 0.3 is 6.09 Å². The molecule has 0 saturated heterocycles. The Kier molecular flexibility index (Phi) is 3.45. The van der Waals surface area contributed by atoms with Gasteiger partial charge in [-0.15, -0.1) is 0 Å². The van der Waals surface area contributed by atoms with E-state index in [2.05, 4.69) is 10.3 Å². The topological polar surface area (TPSA) is 94.3 Å². The van der Waals surface area contributed by atoms with Crippen LogP contribution in [0.4, 0.5) is 4.79 Å². The number of amides is 2. The molecule has 0 spiro atoms. The fraction of sp³-hybridized carbons (Fsp3) is 0.417. The molecule has 1 aliphatic rings. The Balaban J connectivity index is 2.03. The van der Waals surface area contributed by atoms with E-state index in [4.69, 9.17) is 10.5 Å². The molecule has 3 N–H and O–H groups in total. The van der Waals surface area contributed by atoms with Gasteiger partial charge in [-0.25, -0.2) is 9.78 Å². The highest BCUT2D eigenvalue weighted by Gasteiger charge is 2.22. The van der Waals surface area contributed by atoms with Gasteiger partial charge in [0, 0.05) is 12.2 Å². The molecule has 6 nitrogen and oxygen atoms in total. The third-order valence-electron chi connectivity index (χ3n) is 2.69. The van der Waals surface area contributed by atoms with Crippen molar-refractivity contribution in [3.8, 4) is 5.88 Å². The molecule has 18 heavy (non-hydrogen) atoms. The van der Waals surface area contributed by atoms with Crippen LogP contribution in [0.2, 0.25) is 0 Å². The van der Waals surface area contributed by atoms with Crippen molar-refractivity contribution in [2.24, 2.45) is 11.7 Å². The number of nitrogens with one attached hydrogen (secondary N) is 1. The monoisotopic (exact) mass is 249 g/mol. The molecule has 1 aliphatic carbocycles. The van der Waals surface area contributed by atoms with Crippen LogP contribution in [0.25, 0.3) is 0 Å². The van der Waals surface area contributed by atoms with E-state index in [9.17, 15) is 9.59 Å². The van der Waals surface area contributed by atoms with Gasteiger partial charge in [-0.2, -0.15) is 0 Å². The fourth-order valence-electron chi connectivity index (χ4n) is 1.47. The van der Waals surface area contributed by atoms with E-state index in [1.54, 1.807) is 13.0 Å². The van der Waals surface area contributed by atoms with Crippen LogP contribution in [-0.4, -0.2) is 23.5 Å². The minimum absolute atomic E-state index is 0.0456. The maximum absolute atomic E-state index is 11.5. The van der Waals surface area contributed by atoms with Crippen molar-refractivity contribution >= 4 is 12.0 Å². The molecule has 0 radical (unpaired) electrons. The predicted octanol–water partition coefficient (Wildman–Crippen LogP) is 0.987. The SMILES string of the molecule is Cc1ccc(C(N)=O)c(OC(=O)NCC2CC2)n1. The molecule has 1 saturated carbocycles. The number of nitrogens with zero attached hydrogens (tertiary/aromatic N) is 1. The Morgan fingerprint density at radius 2 is 2.22 bits per heavy atom. The molecular weight excluding hydrogens is 234 g/mol. The fourth-order valence-corrected chi connectivity index (χ4v) is 1.47. The first kappa shape index (κ1) is 12.3. The summed E-state index contributed by atoms with van der Waals surface area (Å²) in [5.41, 5.74) is 5.92. The Hall–Kier alpha value is -2.11. The normalized spacial score (nSPS) is 14.1. The highest BCUT2D eigenvalue weighted by atomic mass is 16.6. The highest BCUT2D eigenvalue weighted by Crippen LogP contribution is 2.27. The molecule has 2 amide bonds. The van der Waals surface area contributed by atoms with Crippen molar-refractivity contribution in [1.82, 2.24) is 10.3 Å². The molecule has 0 aliphatic heterocycles. The van der Waals surface area contributed by atoms with Crippen LogP contribution < -0.4 is 15.8 Å². The van der Waals surface area contributed by atoms with Gasteiger partial charge in [0.15, 0.2) is 0 Å². The Morgan fingerprint density at radius 1 is 1.50 bits per heavy atom. The zero-order valence-electron chi connectivity index (χ0n) is 10.1. The Labute approximate surface area is 105 Å². The quantitative estimate of drug-likeness (QED) is 0.831. The van der Waals surface area contributed by atoms with Crippen LogP contribution in [0.1, 0.15) is 28.9 Å². The lowest BCUT2D eigenvalue weighted by atomic mass is 10.2. The molecule has 96 valence electrons. The Morgan fingerprint density at radius 3 is 2.83 bits per heavy atom. The number of aryl methyl sites for hydroxylation is 1. The number of hydrogen-bond donors (Lipinski definition) is 2. The maximum atomic E-state index is 11.5. The molecule has 0 bridgehead atoms. The second-order valence-electron chi connectivity index (χ2n) is 4.38. The van der Waals surface area contributed by atoms with E-state index in [0.29, 0.717) is 18.2 Å². The maximum Gasteiger partial charge on any atom is 0.413 e. The van der Waals surface area contributed by atoms with Crippen LogP contribution in [-0.2, 0) is 0 Å². The smallest absolute Gasteiger partial charge is 0.390 e. The van der Waals surface area contributed by atoms with E-state index in [1.165, 1.54) is 6.07 Å². The average Bonchev–Trinajstić information content (AvgIpc) is 3.09. The summed E-state index contributed by atoms with van der Waals surface area (Å²) in [4.78, 5) is 26.7. The molecular formula is C12H15N3O3. The van der Waals surface area contributed by atoms with Crippen molar-refractivity contribution in [2.45, 2.75) is 19.8 Å². The summed E-state index contributed by atoms with van der Waals surface area (Å²) in [5, 5.41) is 2.63. The van der Waals surface area contributed by atoms with Crippen molar-refractivity contribution in [1.29, 1.82) is 0 Å². The summed E-state index contributed by atoms with van der Waals surface area (Å²) < 4.78 is 5.00. The minimum atomic E-state index is -0.674. The van der Waals surface area contributed by atoms with Gasteiger partial charge in [-0.05, 0) is 37.8 Å². The number of pyridine rings is 1. The van der Waals surface area contributed by atoms with Gasteiger partial charge < -0.3 is 15.8 Å². The zero-order chi connectivity index (χ0) is 13.1. The molecule has 1 aromatic rings. The second-order valence-corrected chi connectivity index (χ2v) is 4.38.